The molecule has 2 N–H and O–H groups in total. The Morgan fingerprint density at radius 2 is 2.29 bits per heavy atom. The van der Waals surface area contributed by atoms with Crippen LogP contribution in [0.3, 0.4) is 0 Å². The summed E-state index contributed by atoms with van der Waals surface area (Å²) < 4.78 is 6.34. The molecule has 2 aromatic heterocycles. The Morgan fingerprint density at radius 1 is 1.41 bits per heavy atom. The van der Waals surface area contributed by atoms with Crippen molar-refractivity contribution in [2.24, 2.45) is 0 Å². The number of hydrogen-bond acceptors (Lipinski definition) is 7. The van der Waals surface area contributed by atoms with Crippen LogP contribution in [0.2, 0.25) is 0 Å². The first-order valence-electron chi connectivity index (χ1n) is 5.12. The molecule has 2 aromatic rings. The van der Waals surface area contributed by atoms with E-state index in [1.807, 2.05) is 12.3 Å². The van der Waals surface area contributed by atoms with Crippen LogP contribution in [0.25, 0.3) is 0 Å². The van der Waals surface area contributed by atoms with Crippen molar-refractivity contribution in [2.75, 3.05) is 12.3 Å². The van der Waals surface area contributed by atoms with Gasteiger partial charge in [-0.05, 0) is 18.2 Å². The number of thiazole rings is 1. The summed E-state index contributed by atoms with van der Waals surface area (Å²) in [4.78, 5) is 12.3. The lowest BCUT2D eigenvalue weighted by molar-refractivity contribution is 0.305. The van der Waals surface area contributed by atoms with E-state index in [0.29, 0.717) is 23.2 Å². The fourth-order valence-corrected chi connectivity index (χ4v) is 2.63. The Bertz CT molecular complexity index is 475. The molecule has 0 spiro atoms. The number of anilines is 1. The highest BCUT2D eigenvalue weighted by molar-refractivity contribution is 8.01. The Kier molecular flexibility index (Phi) is 4.16. The van der Waals surface area contributed by atoms with Crippen LogP contribution in [0.15, 0.2) is 27.3 Å². The zero-order chi connectivity index (χ0) is 12.1. The van der Waals surface area contributed by atoms with Crippen LogP contribution in [-0.2, 0) is 0 Å². The Labute approximate surface area is 107 Å². The van der Waals surface area contributed by atoms with E-state index in [1.54, 1.807) is 17.5 Å². The second kappa shape index (κ2) is 5.83. The molecule has 0 saturated carbocycles. The van der Waals surface area contributed by atoms with Gasteiger partial charge >= 0.3 is 0 Å². The molecular weight excluding hydrogens is 256 g/mol. The van der Waals surface area contributed by atoms with E-state index >= 15 is 0 Å². The second-order valence-electron chi connectivity index (χ2n) is 3.15. The van der Waals surface area contributed by atoms with E-state index in [0.717, 1.165) is 10.8 Å². The smallest absolute Gasteiger partial charge is 0.241 e. The number of hydrogen-bond donors (Lipinski definition) is 1. The lowest BCUT2D eigenvalue weighted by atomic mass is 10.5. The van der Waals surface area contributed by atoms with E-state index in [9.17, 15) is 0 Å². The van der Waals surface area contributed by atoms with Gasteiger partial charge in [-0.25, -0.2) is 9.97 Å². The summed E-state index contributed by atoms with van der Waals surface area (Å²) in [5.41, 5.74) is 6.42. The number of nitrogens with two attached hydrogens (primary N) is 1. The molecular formula is C10H12N4OS2. The van der Waals surface area contributed by atoms with E-state index in [-0.39, 0.29) is 0 Å². The number of ether oxygens (including phenoxy) is 1. The van der Waals surface area contributed by atoms with Crippen molar-refractivity contribution < 1.29 is 4.74 Å². The minimum Gasteiger partial charge on any atom is -0.476 e. The highest BCUT2D eigenvalue weighted by Gasteiger charge is 2.11. The van der Waals surface area contributed by atoms with Crippen LogP contribution in [0, 0.1) is 0 Å². The van der Waals surface area contributed by atoms with E-state index < -0.39 is 0 Å². The van der Waals surface area contributed by atoms with Crippen molar-refractivity contribution in [2.45, 2.75) is 22.7 Å². The maximum atomic E-state index is 5.95. The molecule has 0 aliphatic rings. The zero-order valence-electron chi connectivity index (χ0n) is 9.29. The third kappa shape index (κ3) is 3.07. The lowest BCUT2D eigenvalue weighted by Gasteiger charge is -2.08. The average molecular weight is 268 g/mol. The van der Waals surface area contributed by atoms with Crippen LogP contribution in [0.1, 0.15) is 13.3 Å². The van der Waals surface area contributed by atoms with Crippen molar-refractivity contribution in [3.05, 3.63) is 17.9 Å². The SMILES string of the molecule is CCCOc1ncnc(Sc2nccs2)c1N. The fraction of sp³-hybridized carbons (Fsp3) is 0.300. The lowest BCUT2D eigenvalue weighted by Crippen LogP contribution is -2.03. The standard InChI is InChI=1S/C10H12N4OS2/c1-2-4-15-8-7(11)9(14-6-13-8)17-10-12-3-5-16-10/h3,5-6H,2,4,11H2,1H3. The van der Waals surface area contributed by atoms with Gasteiger partial charge in [-0.1, -0.05) is 6.92 Å². The highest BCUT2D eigenvalue weighted by Crippen LogP contribution is 2.34. The first-order chi connectivity index (χ1) is 8.31. The molecule has 0 atom stereocenters. The predicted octanol–water partition coefficient (Wildman–Crippen LogP) is 2.46. The Morgan fingerprint density at radius 3 is 3.00 bits per heavy atom. The molecule has 7 heteroatoms. The van der Waals surface area contributed by atoms with Crippen LogP contribution in [-0.4, -0.2) is 21.6 Å². The van der Waals surface area contributed by atoms with Gasteiger partial charge in [0.1, 0.15) is 17.0 Å². The fourth-order valence-electron chi connectivity index (χ4n) is 1.10. The van der Waals surface area contributed by atoms with Gasteiger partial charge in [0.25, 0.3) is 0 Å². The Hall–Kier alpha value is -1.34. The average Bonchev–Trinajstić information content (AvgIpc) is 2.83. The maximum Gasteiger partial charge on any atom is 0.241 e. The van der Waals surface area contributed by atoms with Gasteiger partial charge in [0.05, 0.1) is 6.61 Å². The summed E-state index contributed by atoms with van der Waals surface area (Å²) >= 11 is 2.97. The van der Waals surface area contributed by atoms with E-state index in [1.165, 1.54) is 18.1 Å². The molecule has 0 fully saturated rings. The van der Waals surface area contributed by atoms with Gasteiger partial charge in [0.15, 0.2) is 4.34 Å². The predicted molar refractivity (Wildman–Crippen MR) is 68.5 cm³/mol. The molecule has 2 heterocycles. The first-order valence-corrected chi connectivity index (χ1v) is 6.81. The van der Waals surface area contributed by atoms with Gasteiger partial charge in [-0.15, -0.1) is 11.3 Å². The quantitative estimate of drug-likeness (QED) is 0.840. The summed E-state index contributed by atoms with van der Waals surface area (Å²) in [6, 6.07) is 0. The number of nitrogens with zero attached hydrogens (tertiary/aromatic N) is 3. The molecule has 0 saturated heterocycles. The van der Waals surface area contributed by atoms with Crippen LogP contribution in [0.4, 0.5) is 5.69 Å². The second-order valence-corrected chi connectivity index (χ2v) is 5.28. The van der Waals surface area contributed by atoms with Crippen molar-refractivity contribution in [3.63, 3.8) is 0 Å². The minimum absolute atomic E-state index is 0.445. The molecule has 0 amide bonds. The van der Waals surface area contributed by atoms with E-state index in [4.69, 9.17) is 10.5 Å². The van der Waals surface area contributed by atoms with Crippen LogP contribution < -0.4 is 10.5 Å². The largest absolute Gasteiger partial charge is 0.476 e. The molecule has 90 valence electrons. The maximum absolute atomic E-state index is 5.95. The summed E-state index contributed by atoms with van der Waals surface area (Å²) in [5.74, 6) is 0.445. The number of rotatable bonds is 5. The van der Waals surface area contributed by atoms with Crippen molar-refractivity contribution in [1.82, 2.24) is 15.0 Å². The molecule has 0 unspecified atom stereocenters. The molecule has 17 heavy (non-hydrogen) atoms. The van der Waals surface area contributed by atoms with Crippen LogP contribution >= 0.6 is 23.1 Å². The summed E-state index contributed by atoms with van der Waals surface area (Å²) in [5, 5.41) is 2.59. The number of nitrogen functional groups attached to an aromatic ring is 1. The van der Waals surface area contributed by atoms with Gasteiger partial charge in [0.2, 0.25) is 5.88 Å². The highest BCUT2D eigenvalue weighted by atomic mass is 32.2. The molecule has 0 radical (unpaired) electrons. The topological polar surface area (TPSA) is 73.9 Å². The first kappa shape index (κ1) is 12.1. The molecule has 2 rings (SSSR count). The van der Waals surface area contributed by atoms with Crippen molar-refractivity contribution >= 4 is 28.8 Å². The third-order valence-electron chi connectivity index (χ3n) is 1.85. The summed E-state index contributed by atoms with van der Waals surface area (Å²) in [6.07, 6.45) is 4.12. The van der Waals surface area contributed by atoms with Crippen molar-refractivity contribution in [1.29, 1.82) is 0 Å². The summed E-state index contributed by atoms with van der Waals surface area (Å²) in [6.45, 7) is 2.63. The van der Waals surface area contributed by atoms with E-state index in [2.05, 4.69) is 15.0 Å². The van der Waals surface area contributed by atoms with Gasteiger partial charge in [-0.2, -0.15) is 4.98 Å². The van der Waals surface area contributed by atoms with Gasteiger partial charge < -0.3 is 10.5 Å². The molecule has 0 aromatic carbocycles. The zero-order valence-corrected chi connectivity index (χ0v) is 10.9. The Balaban J connectivity index is 2.17. The van der Waals surface area contributed by atoms with Gasteiger partial charge in [0, 0.05) is 11.6 Å². The monoisotopic (exact) mass is 268 g/mol. The normalized spacial score (nSPS) is 10.4. The third-order valence-corrected chi connectivity index (χ3v) is 3.75. The van der Waals surface area contributed by atoms with Crippen LogP contribution in [0.5, 0.6) is 5.88 Å². The van der Waals surface area contributed by atoms with Gasteiger partial charge in [-0.3, -0.25) is 0 Å². The summed E-state index contributed by atoms with van der Waals surface area (Å²) in [7, 11) is 0. The molecule has 0 bridgehead atoms. The minimum atomic E-state index is 0.445. The van der Waals surface area contributed by atoms with Crippen molar-refractivity contribution in [3.8, 4) is 5.88 Å². The molecule has 5 nitrogen and oxygen atoms in total. The molecule has 0 aliphatic heterocycles. The number of aromatic nitrogens is 3. The molecule has 0 aliphatic carbocycles.